The van der Waals surface area contributed by atoms with Crippen molar-refractivity contribution in [3.63, 3.8) is 0 Å². The van der Waals surface area contributed by atoms with E-state index in [0.29, 0.717) is 36.1 Å². The molecule has 2 fully saturated rings. The summed E-state index contributed by atoms with van der Waals surface area (Å²) in [7, 11) is 1.69. The van der Waals surface area contributed by atoms with Crippen molar-refractivity contribution in [2.24, 2.45) is 5.92 Å². The first-order valence-electron chi connectivity index (χ1n) is 16.6. The van der Waals surface area contributed by atoms with Crippen LogP contribution in [0.2, 0.25) is 0 Å². The van der Waals surface area contributed by atoms with E-state index in [-0.39, 0.29) is 41.6 Å². The maximum atomic E-state index is 15.3. The molecule has 2 aliphatic rings. The van der Waals surface area contributed by atoms with Crippen molar-refractivity contribution in [1.29, 1.82) is 5.26 Å². The molecule has 2 aromatic heterocycles. The Morgan fingerprint density at radius 1 is 1.00 bits per heavy atom. The van der Waals surface area contributed by atoms with Crippen molar-refractivity contribution in [3.8, 4) is 17.6 Å². The number of methoxy groups -OCH3 is 1. The lowest BCUT2D eigenvalue weighted by molar-refractivity contribution is -0.132. The Hall–Kier alpha value is -6.14. The van der Waals surface area contributed by atoms with Crippen molar-refractivity contribution in [3.05, 3.63) is 90.1 Å². The number of nitrogens with one attached hydrogen (secondary N) is 2. The number of urea groups is 1. The molecule has 2 aromatic carbocycles. The number of anilines is 5. The van der Waals surface area contributed by atoms with Crippen LogP contribution >= 0.6 is 0 Å². The number of halogens is 2. The molecule has 2 N–H and O–H groups in total. The fourth-order valence-corrected chi connectivity index (χ4v) is 6.03. The highest BCUT2D eigenvalue weighted by Crippen LogP contribution is 2.31. The molecule has 2 saturated heterocycles. The van der Waals surface area contributed by atoms with Crippen LogP contribution in [0.15, 0.2) is 72.9 Å². The Morgan fingerprint density at radius 3 is 2.42 bits per heavy atom. The second kappa shape index (κ2) is 15.4. The number of nitriles is 1. The van der Waals surface area contributed by atoms with Crippen LogP contribution in [0.3, 0.4) is 0 Å². The highest BCUT2D eigenvalue weighted by molar-refractivity contribution is 6.23. The Labute approximate surface area is 298 Å². The number of nitrogens with zero attached hydrogens (tertiary/aromatic N) is 6. The topological polar surface area (TPSA) is 153 Å². The summed E-state index contributed by atoms with van der Waals surface area (Å²) < 4.78 is 40.1. The maximum Gasteiger partial charge on any atom is 0.331 e. The molecule has 0 saturated carbocycles. The first-order chi connectivity index (χ1) is 25.0. The van der Waals surface area contributed by atoms with E-state index >= 15 is 4.39 Å². The number of carbonyl (C=O) groups is 3. The Bertz CT molecular complexity index is 2010. The Balaban J connectivity index is 1.13. The normalized spacial score (nSPS) is 16.6. The summed E-state index contributed by atoms with van der Waals surface area (Å²) in [4.78, 5) is 53.2. The van der Waals surface area contributed by atoms with E-state index in [4.69, 9.17) is 9.47 Å². The van der Waals surface area contributed by atoms with Gasteiger partial charge in [-0.25, -0.2) is 28.4 Å². The predicted octanol–water partition coefficient (Wildman–Crippen LogP) is 6.21. The van der Waals surface area contributed by atoms with Crippen LogP contribution in [0.5, 0.6) is 11.5 Å². The largest absolute Gasteiger partial charge is 0.454 e. The molecule has 0 bridgehead atoms. The maximum absolute atomic E-state index is 15.3. The van der Waals surface area contributed by atoms with E-state index < -0.39 is 35.4 Å². The van der Waals surface area contributed by atoms with Crippen molar-refractivity contribution < 1.29 is 32.6 Å². The van der Waals surface area contributed by atoms with Gasteiger partial charge >= 0.3 is 6.03 Å². The zero-order valence-corrected chi connectivity index (χ0v) is 28.7. The van der Waals surface area contributed by atoms with Crippen molar-refractivity contribution >= 4 is 46.7 Å². The summed E-state index contributed by atoms with van der Waals surface area (Å²) in [5, 5.41) is 15.4. The number of rotatable bonds is 10. The van der Waals surface area contributed by atoms with Gasteiger partial charge in [0.1, 0.15) is 41.0 Å². The van der Waals surface area contributed by atoms with Gasteiger partial charge < -0.3 is 29.9 Å². The summed E-state index contributed by atoms with van der Waals surface area (Å²) in [6.45, 7) is 4.70. The van der Waals surface area contributed by atoms with Gasteiger partial charge in [-0.15, -0.1) is 0 Å². The number of imide groups is 1. The molecule has 1 unspecified atom stereocenters. The Kier molecular flexibility index (Phi) is 10.6. The highest BCUT2D eigenvalue weighted by atomic mass is 19.1. The summed E-state index contributed by atoms with van der Waals surface area (Å²) in [6.07, 6.45) is 3.30. The average molecular weight is 711 g/mol. The van der Waals surface area contributed by atoms with Gasteiger partial charge in [0.2, 0.25) is 11.8 Å². The third-order valence-corrected chi connectivity index (χ3v) is 8.84. The van der Waals surface area contributed by atoms with Gasteiger partial charge in [0, 0.05) is 56.8 Å². The fourth-order valence-electron chi connectivity index (χ4n) is 6.03. The van der Waals surface area contributed by atoms with Gasteiger partial charge in [0.05, 0.1) is 17.4 Å². The van der Waals surface area contributed by atoms with Crippen LogP contribution in [-0.4, -0.2) is 71.6 Å². The minimum Gasteiger partial charge on any atom is -0.454 e. The number of carbonyl (C=O) groups excluding carboxylic acids is 3. The number of amides is 4. The van der Waals surface area contributed by atoms with E-state index in [1.807, 2.05) is 0 Å². The number of aromatic nitrogens is 2. The minimum absolute atomic E-state index is 0.0650. The molecule has 2 aliphatic heterocycles. The van der Waals surface area contributed by atoms with Crippen LogP contribution in [-0.2, 0) is 14.3 Å². The van der Waals surface area contributed by atoms with E-state index in [9.17, 15) is 24.0 Å². The van der Waals surface area contributed by atoms with Gasteiger partial charge in [-0.05, 0) is 81.3 Å². The smallest absolute Gasteiger partial charge is 0.331 e. The third kappa shape index (κ3) is 7.77. The summed E-state index contributed by atoms with van der Waals surface area (Å²) in [5.74, 6) is -2.67. The summed E-state index contributed by atoms with van der Waals surface area (Å²) >= 11 is 0. The molecule has 1 atom stereocenters. The molecule has 0 spiro atoms. The first kappa shape index (κ1) is 35.7. The molecule has 13 nitrogen and oxygen atoms in total. The van der Waals surface area contributed by atoms with Crippen molar-refractivity contribution in [1.82, 2.24) is 14.9 Å². The molecule has 4 amide bonds. The molecular weight excluding hydrogens is 674 g/mol. The number of hydrogen-bond acceptors (Lipinski definition) is 10. The standard InChI is InChI=1S/C37H36F2N8O5/c1-22(2)46-21-29(36(49)47(37(46)50)26-8-5-24(38)6-9-26)35(48)42-25-7-10-31(30(39)18-25)52-28-12-15-41-33(19-28)43-32-11-4-23(20-40)34(44-32)45-16-13-27(51-3)14-17-45/h4-12,15,18-19,22,27,29H,13-14,16-17,21H2,1-3H3,(H,42,48)(H,41,43,44). The van der Waals surface area contributed by atoms with E-state index in [2.05, 4.69) is 31.6 Å². The number of piperidine rings is 1. The van der Waals surface area contributed by atoms with Gasteiger partial charge in [0.15, 0.2) is 11.6 Å². The van der Waals surface area contributed by atoms with E-state index in [0.717, 1.165) is 35.9 Å². The SMILES string of the molecule is COC1CCN(c2nc(Nc3cc(Oc4ccc(NC(=O)C5CN(C(C)C)C(=O)N(c6ccc(F)cc6)C5=O)cc4F)ccn3)ccc2C#N)CC1. The molecule has 0 radical (unpaired) electrons. The number of ether oxygens (including phenoxy) is 2. The summed E-state index contributed by atoms with van der Waals surface area (Å²) in [5.41, 5.74) is 0.639. The number of hydrogen-bond donors (Lipinski definition) is 2. The lowest BCUT2D eigenvalue weighted by atomic mass is 10.0. The zero-order valence-electron chi connectivity index (χ0n) is 28.7. The second-order valence-corrected chi connectivity index (χ2v) is 12.6. The highest BCUT2D eigenvalue weighted by Gasteiger charge is 2.44. The van der Waals surface area contributed by atoms with Gasteiger partial charge in [0.25, 0.3) is 0 Å². The molecule has 52 heavy (non-hydrogen) atoms. The van der Waals surface area contributed by atoms with E-state index in [1.165, 1.54) is 35.4 Å². The molecule has 6 rings (SSSR count). The summed E-state index contributed by atoms with van der Waals surface area (Å²) in [6, 6.07) is 16.3. The third-order valence-electron chi connectivity index (χ3n) is 8.84. The van der Waals surface area contributed by atoms with Gasteiger partial charge in [-0.1, -0.05) is 0 Å². The lowest BCUT2D eigenvalue weighted by Crippen LogP contribution is -2.61. The molecule has 4 heterocycles. The zero-order chi connectivity index (χ0) is 36.9. The van der Waals surface area contributed by atoms with Crippen LogP contribution in [0, 0.1) is 28.9 Å². The number of pyridine rings is 2. The number of benzene rings is 2. The van der Waals surface area contributed by atoms with Crippen LogP contribution < -0.4 is 25.2 Å². The minimum atomic E-state index is -1.31. The lowest BCUT2D eigenvalue weighted by Gasteiger charge is -2.39. The van der Waals surface area contributed by atoms with Gasteiger partial charge in [-0.2, -0.15) is 5.26 Å². The van der Waals surface area contributed by atoms with Crippen molar-refractivity contribution in [2.45, 2.75) is 38.8 Å². The molecule has 0 aliphatic carbocycles. The van der Waals surface area contributed by atoms with Crippen LogP contribution in [0.4, 0.5) is 42.4 Å². The molecular formula is C37H36F2N8O5. The second-order valence-electron chi connectivity index (χ2n) is 12.6. The first-order valence-corrected chi connectivity index (χ1v) is 16.6. The molecule has 15 heteroatoms. The van der Waals surface area contributed by atoms with Crippen molar-refractivity contribution in [2.75, 3.05) is 47.2 Å². The van der Waals surface area contributed by atoms with Crippen LogP contribution in [0.25, 0.3) is 0 Å². The molecule has 4 aromatic rings. The van der Waals surface area contributed by atoms with Gasteiger partial charge in [-0.3, -0.25) is 9.59 Å². The Morgan fingerprint density at radius 2 is 1.75 bits per heavy atom. The average Bonchev–Trinajstić information content (AvgIpc) is 3.13. The monoisotopic (exact) mass is 710 g/mol. The fraction of sp³-hybridized carbons (Fsp3) is 0.297. The van der Waals surface area contributed by atoms with E-state index in [1.54, 1.807) is 45.2 Å². The predicted molar refractivity (Wildman–Crippen MR) is 188 cm³/mol. The quantitative estimate of drug-likeness (QED) is 0.182. The molecule has 268 valence electrons. The van der Waals surface area contributed by atoms with Crippen LogP contribution in [0.1, 0.15) is 32.3 Å².